The lowest BCUT2D eigenvalue weighted by atomic mass is 10.0. The minimum Gasteiger partial charge on any atom is -0.462 e. The Kier molecular flexibility index (Phi) is 50.0. The summed E-state index contributed by atoms with van der Waals surface area (Å²) in [5.74, 6) is -0.487. The summed E-state index contributed by atoms with van der Waals surface area (Å²) in [6, 6.07) is 0. The molecule has 0 amide bonds. The molecule has 0 aromatic rings. The molecule has 356 valence electrons. The van der Waals surface area contributed by atoms with E-state index in [1.54, 1.807) is 0 Å². The quantitative estimate of drug-likeness (QED) is 0.0346. The molecule has 0 aromatic carbocycles. The van der Waals surface area contributed by atoms with Gasteiger partial charge in [0.15, 0.2) is 6.10 Å². The first-order chi connectivity index (χ1) is 30.6. The van der Waals surface area contributed by atoms with E-state index in [0.717, 1.165) is 89.9 Å². The van der Waals surface area contributed by atoms with Crippen molar-refractivity contribution in [3.63, 3.8) is 0 Å². The number of esters is 2. The largest absolute Gasteiger partial charge is 0.462 e. The van der Waals surface area contributed by atoms with Gasteiger partial charge in [0.05, 0.1) is 6.61 Å². The van der Waals surface area contributed by atoms with Gasteiger partial charge >= 0.3 is 11.9 Å². The van der Waals surface area contributed by atoms with Crippen molar-refractivity contribution in [1.29, 1.82) is 0 Å². The number of hydrogen-bond acceptors (Lipinski definition) is 5. The summed E-state index contributed by atoms with van der Waals surface area (Å²) in [6.07, 6.45) is 68.8. The van der Waals surface area contributed by atoms with E-state index in [1.165, 1.54) is 116 Å². The van der Waals surface area contributed by atoms with Crippen LogP contribution in [-0.2, 0) is 23.8 Å². The van der Waals surface area contributed by atoms with E-state index in [9.17, 15) is 9.59 Å². The highest BCUT2D eigenvalue weighted by Gasteiger charge is 2.17. The molecule has 0 saturated heterocycles. The second kappa shape index (κ2) is 52.4. The number of allylic oxidation sites excluding steroid dienone is 14. The van der Waals surface area contributed by atoms with E-state index < -0.39 is 6.10 Å². The van der Waals surface area contributed by atoms with Crippen molar-refractivity contribution in [1.82, 2.24) is 0 Å². The molecule has 0 saturated carbocycles. The van der Waals surface area contributed by atoms with Crippen LogP contribution in [0, 0.1) is 0 Å². The molecule has 0 N–H and O–H groups in total. The van der Waals surface area contributed by atoms with Crippen LogP contribution in [0.15, 0.2) is 85.1 Å². The molecule has 0 heterocycles. The van der Waals surface area contributed by atoms with Crippen LogP contribution in [-0.4, -0.2) is 37.9 Å². The van der Waals surface area contributed by atoms with Crippen LogP contribution in [0.1, 0.15) is 239 Å². The molecule has 1 atom stereocenters. The van der Waals surface area contributed by atoms with E-state index in [4.69, 9.17) is 14.2 Å². The zero-order chi connectivity index (χ0) is 44.9. The van der Waals surface area contributed by atoms with Gasteiger partial charge in [-0.2, -0.15) is 0 Å². The minimum atomic E-state index is -0.574. The van der Waals surface area contributed by atoms with Gasteiger partial charge in [0.25, 0.3) is 0 Å². The Labute approximate surface area is 384 Å². The SMILES string of the molecule is CC/C=C\C/C=C\C/C=C\C/C=C\CCCCC(=O)OC[C@@H](COCCCCCCCCCCCCCCCCCC)OC(=O)CCCC/C=C\C/C=C\C/C=C\CCCCC. The monoisotopic (exact) mass is 863 g/mol. The third kappa shape index (κ3) is 49.7. The number of carbonyl (C=O) groups excluding carboxylic acids is 2. The number of ether oxygens (including phenoxy) is 3. The van der Waals surface area contributed by atoms with Crippen molar-refractivity contribution in [2.45, 2.75) is 245 Å². The summed E-state index contributed by atoms with van der Waals surface area (Å²) < 4.78 is 17.3. The van der Waals surface area contributed by atoms with Crippen LogP contribution in [0.5, 0.6) is 0 Å². The Morgan fingerprint density at radius 1 is 0.371 bits per heavy atom. The van der Waals surface area contributed by atoms with Crippen molar-refractivity contribution in [2.75, 3.05) is 19.8 Å². The first-order valence-corrected chi connectivity index (χ1v) is 26.1. The molecule has 0 radical (unpaired) electrons. The van der Waals surface area contributed by atoms with Gasteiger partial charge in [-0.15, -0.1) is 0 Å². The molecule has 0 unspecified atom stereocenters. The van der Waals surface area contributed by atoms with E-state index in [-0.39, 0.29) is 25.2 Å². The highest BCUT2D eigenvalue weighted by molar-refractivity contribution is 5.70. The highest BCUT2D eigenvalue weighted by atomic mass is 16.6. The van der Waals surface area contributed by atoms with Gasteiger partial charge < -0.3 is 14.2 Å². The fraction of sp³-hybridized carbons (Fsp3) is 0.719. The van der Waals surface area contributed by atoms with E-state index in [2.05, 4.69) is 106 Å². The predicted octanol–water partition coefficient (Wildman–Crippen LogP) is 17.7. The average Bonchev–Trinajstić information content (AvgIpc) is 3.27. The number of rotatable bonds is 47. The zero-order valence-corrected chi connectivity index (χ0v) is 40.9. The topological polar surface area (TPSA) is 61.8 Å². The molecule has 5 heteroatoms. The molecule has 0 aromatic heterocycles. The van der Waals surface area contributed by atoms with Crippen molar-refractivity contribution >= 4 is 11.9 Å². The number of hydrogen-bond donors (Lipinski definition) is 0. The first-order valence-electron chi connectivity index (χ1n) is 26.1. The number of unbranched alkanes of at least 4 members (excludes halogenated alkanes) is 22. The van der Waals surface area contributed by atoms with Crippen LogP contribution >= 0.6 is 0 Å². The van der Waals surface area contributed by atoms with Crippen molar-refractivity contribution in [3.05, 3.63) is 85.1 Å². The maximum Gasteiger partial charge on any atom is 0.306 e. The second-order valence-electron chi connectivity index (χ2n) is 17.0. The predicted molar refractivity (Wildman–Crippen MR) is 270 cm³/mol. The maximum atomic E-state index is 12.8. The number of carbonyl (C=O) groups is 2. The molecule has 0 fully saturated rings. The molecule has 5 nitrogen and oxygen atoms in total. The summed E-state index contributed by atoms with van der Waals surface area (Å²) in [5, 5.41) is 0. The van der Waals surface area contributed by atoms with Gasteiger partial charge in [-0.05, 0) is 96.3 Å². The first kappa shape index (κ1) is 59.1. The molecule has 0 aliphatic heterocycles. The summed E-state index contributed by atoms with van der Waals surface area (Å²) >= 11 is 0. The highest BCUT2D eigenvalue weighted by Crippen LogP contribution is 2.14. The zero-order valence-electron chi connectivity index (χ0n) is 40.9. The second-order valence-corrected chi connectivity index (χ2v) is 17.0. The Hall–Kier alpha value is -2.92. The lowest BCUT2D eigenvalue weighted by Gasteiger charge is -2.18. The molecule has 0 aliphatic carbocycles. The smallest absolute Gasteiger partial charge is 0.306 e. The third-order valence-electron chi connectivity index (χ3n) is 10.9. The fourth-order valence-electron chi connectivity index (χ4n) is 7.04. The lowest BCUT2D eigenvalue weighted by Crippen LogP contribution is -2.30. The van der Waals surface area contributed by atoms with Gasteiger partial charge in [0, 0.05) is 19.4 Å². The molecule has 0 spiro atoms. The van der Waals surface area contributed by atoms with Crippen molar-refractivity contribution in [2.24, 2.45) is 0 Å². The van der Waals surface area contributed by atoms with Crippen LogP contribution < -0.4 is 0 Å². The van der Waals surface area contributed by atoms with Gasteiger partial charge in [-0.25, -0.2) is 0 Å². The van der Waals surface area contributed by atoms with Gasteiger partial charge in [-0.1, -0.05) is 215 Å². The van der Waals surface area contributed by atoms with E-state index >= 15 is 0 Å². The normalized spacial score (nSPS) is 12.9. The average molecular weight is 863 g/mol. The van der Waals surface area contributed by atoms with Crippen molar-refractivity contribution in [3.8, 4) is 0 Å². The Bertz CT molecular complexity index is 1160. The Morgan fingerprint density at radius 2 is 0.726 bits per heavy atom. The third-order valence-corrected chi connectivity index (χ3v) is 10.9. The van der Waals surface area contributed by atoms with E-state index in [1.807, 2.05) is 0 Å². The maximum absolute atomic E-state index is 12.8. The van der Waals surface area contributed by atoms with Crippen LogP contribution in [0.4, 0.5) is 0 Å². The fourth-order valence-corrected chi connectivity index (χ4v) is 7.04. The lowest BCUT2D eigenvalue weighted by molar-refractivity contribution is -0.163. The summed E-state index contributed by atoms with van der Waals surface area (Å²) in [4.78, 5) is 25.4. The molecule has 0 bridgehead atoms. The standard InChI is InChI=1S/C57H98O5/c1-4-7-10-13-16-19-22-25-28-31-34-37-40-43-46-49-52-60-53-55(62-57(59)51-48-45-42-39-36-33-30-27-24-21-18-15-12-9-6-3)54-61-56(58)50-47-44-41-38-35-32-29-26-23-20-17-14-11-8-5-2/h8,11,17-18,20-21,26-27,29-30,35-36,38-39,55H,4-7,9-10,12-16,19,22-25,28,31-34,37,40-54H2,1-3H3/b11-8-,20-17-,21-18-,29-26-,30-27-,38-35-,39-36-/t55-/m1/s1. The summed E-state index contributed by atoms with van der Waals surface area (Å²) in [7, 11) is 0. The molecular weight excluding hydrogens is 765 g/mol. The minimum absolute atomic E-state index is 0.0469. The van der Waals surface area contributed by atoms with Crippen LogP contribution in [0.2, 0.25) is 0 Å². The molecule has 0 rings (SSSR count). The van der Waals surface area contributed by atoms with Gasteiger partial charge in [0.1, 0.15) is 6.61 Å². The summed E-state index contributed by atoms with van der Waals surface area (Å²) in [6.45, 7) is 7.61. The van der Waals surface area contributed by atoms with Crippen molar-refractivity contribution < 1.29 is 23.8 Å². The van der Waals surface area contributed by atoms with Crippen LogP contribution in [0.25, 0.3) is 0 Å². The van der Waals surface area contributed by atoms with Crippen LogP contribution in [0.3, 0.4) is 0 Å². The Morgan fingerprint density at radius 3 is 1.16 bits per heavy atom. The Balaban J connectivity index is 4.39. The van der Waals surface area contributed by atoms with E-state index in [0.29, 0.717) is 19.4 Å². The molecular formula is C57H98O5. The molecule has 0 aliphatic rings. The van der Waals surface area contributed by atoms with Gasteiger partial charge in [0.2, 0.25) is 0 Å². The molecule has 62 heavy (non-hydrogen) atoms. The summed E-state index contributed by atoms with van der Waals surface area (Å²) in [5.41, 5.74) is 0. The van der Waals surface area contributed by atoms with Gasteiger partial charge in [-0.3, -0.25) is 9.59 Å².